The summed E-state index contributed by atoms with van der Waals surface area (Å²) in [5, 5.41) is 10.5. The molecule has 4 nitrogen and oxygen atoms in total. The van der Waals surface area contributed by atoms with Gasteiger partial charge in [-0.2, -0.15) is 0 Å². The van der Waals surface area contributed by atoms with Gasteiger partial charge in [-0.25, -0.2) is 0 Å². The van der Waals surface area contributed by atoms with Crippen molar-refractivity contribution < 1.29 is 0 Å². The summed E-state index contributed by atoms with van der Waals surface area (Å²) in [6.45, 7) is 4.17. The third kappa shape index (κ3) is 5.18. The molecule has 0 amide bonds. The number of nitrogens with two attached hydrogens (primary N) is 1. The van der Waals surface area contributed by atoms with Gasteiger partial charge in [0.1, 0.15) is 0 Å². The molecule has 158 valence electrons. The van der Waals surface area contributed by atoms with Crippen molar-refractivity contribution in [3.05, 3.63) is 106 Å². The molecule has 1 heterocycles. The van der Waals surface area contributed by atoms with Crippen LogP contribution in [0.1, 0.15) is 34.1 Å². The van der Waals surface area contributed by atoms with Gasteiger partial charge in [-0.15, -0.1) is 10.2 Å². The molecule has 0 saturated heterocycles. The molecule has 4 aromatic rings. The molecule has 0 aliphatic carbocycles. The first kappa shape index (κ1) is 21.6. The zero-order valence-electron chi connectivity index (χ0n) is 17.6. The molecular formula is C25H25ClN4S. The monoisotopic (exact) mass is 448 g/mol. The van der Waals surface area contributed by atoms with E-state index in [0.29, 0.717) is 11.4 Å². The number of benzene rings is 3. The van der Waals surface area contributed by atoms with Crippen LogP contribution in [0.5, 0.6) is 0 Å². The van der Waals surface area contributed by atoms with E-state index in [4.69, 9.17) is 17.3 Å². The van der Waals surface area contributed by atoms with E-state index in [9.17, 15) is 0 Å². The molecule has 0 bridgehead atoms. The molecule has 0 saturated carbocycles. The fourth-order valence-corrected chi connectivity index (χ4v) is 4.64. The van der Waals surface area contributed by atoms with E-state index < -0.39 is 0 Å². The average Bonchev–Trinajstić information content (AvgIpc) is 3.19. The maximum atomic E-state index is 6.63. The van der Waals surface area contributed by atoms with Gasteiger partial charge in [0.2, 0.25) is 0 Å². The van der Waals surface area contributed by atoms with Crippen LogP contribution in [0.3, 0.4) is 0 Å². The van der Waals surface area contributed by atoms with Crippen LogP contribution < -0.4 is 5.73 Å². The zero-order valence-corrected chi connectivity index (χ0v) is 19.2. The van der Waals surface area contributed by atoms with Crippen LogP contribution in [0, 0.1) is 13.8 Å². The summed E-state index contributed by atoms with van der Waals surface area (Å²) in [5.41, 5.74) is 12.3. The lowest BCUT2D eigenvalue weighted by molar-refractivity contribution is 0.643. The largest absolute Gasteiger partial charge is 0.321 e. The van der Waals surface area contributed by atoms with Crippen molar-refractivity contribution in [3.8, 4) is 5.69 Å². The Morgan fingerprint density at radius 2 is 1.71 bits per heavy atom. The van der Waals surface area contributed by atoms with Gasteiger partial charge in [0.15, 0.2) is 11.0 Å². The molecule has 4 rings (SSSR count). The Balaban J connectivity index is 1.70. The van der Waals surface area contributed by atoms with E-state index in [1.54, 1.807) is 11.8 Å². The van der Waals surface area contributed by atoms with Crippen LogP contribution in [-0.4, -0.2) is 14.8 Å². The molecule has 0 fully saturated rings. The summed E-state index contributed by atoms with van der Waals surface area (Å²) in [6.07, 6.45) is 0.682. The van der Waals surface area contributed by atoms with Crippen LogP contribution in [0.15, 0.2) is 78.0 Å². The summed E-state index contributed by atoms with van der Waals surface area (Å²) in [4.78, 5) is 0. The van der Waals surface area contributed by atoms with Crippen molar-refractivity contribution in [1.29, 1.82) is 0 Å². The highest BCUT2D eigenvalue weighted by Crippen LogP contribution is 2.30. The zero-order chi connectivity index (χ0) is 21.8. The highest BCUT2D eigenvalue weighted by Gasteiger charge is 2.21. The standard InChI is InChI=1S/C25H25ClN4S/c1-17-7-6-10-20(13-17)16-31-25-29-28-24(22(27)14-19-8-4-3-5-9-19)30(25)23-15-21(26)12-11-18(23)2/h3-13,15,22H,14,16,27H2,1-2H3. The maximum Gasteiger partial charge on any atom is 0.196 e. The Bertz CT molecular complexity index is 1170. The lowest BCUT2D eigenvalue weighted by atomic mass is 10.1. The van der Waals surface area contributed by atoms with Crippen molar-refractivity contribution >= 4 is 23.4 Å². The molecule has 1 unspecified atom stereocenters. The van der Waals surface area contributed by atoms with Crippen LogP contribution in [0.2, 0.25) is 5.02 Å². The molecule has 1 atom stereocenters. The van der Waals surface area contributed by atoms with Crippen molar-refractivity contribution in [2.45, 2.75) is 37.2 Å². The summed E-state index contributed by atoms with van der Waals surface area (Å²) < 4.78 is 2.06. The second kappa shape index (κ2) is 9.69. The fourth-order valence-electron chi connectivity index (χ4n) is 3.57. The highest BCUT2D eigenvalue weighted by atomic mass is 35.5. The first-order valence-electron chi connectivity index (χ1n) is 10.2. The van der Waals surface area contributed by atoms with Crippen LogP contribution >= 0.6 is 23.4 Å². The summed E-state index contributed by atoms with van der Waals surface area (Å²) in [7, 11) is 0. The van der Waals surface area contributed by atoms with Crippen molar-refractivity contribution in [2.24, 2.45) is 5.73 Å². The Kier molecular flexibility index (Phi) is 6.76. The van der Waals surface area contributed by atoms with E-state index in [2.05, 4.69) is 65.0 Å². The fraction of sp³-hybridized carbons (Fsp3) is 0.200. The summed E-state index contributed by atoms with van der Waals surface area (Å²) >= 11 is 8.00. The topological polar surface area (TPSA) is 56.7 Å². The lowest BCUT2D eigenvalue weighted by Gasteiger charge is -2.17. The third-order valence-corrected chi connectivity index (χ3v) is 6.39. The SMILES string of the molecule is Cc1cccc(CSc2nnc(C(N)Cc3ccccc3)n2-c2cc(Cl)ccc2C)c1. The lowest BCUT2D eigenvalue weighted by Crippen LogP contribution is -2.19. The van der Waals surface area contributed by atoms with Gasteiger partial charge >= 0.3 is 0 Å². The van der Waals surface area contributed by atoms with E-state index in [-0.39, 0.29) is 6.04 Å². The van der Waals surface area contributed by atoms with Gasteiger partial charge in [0.05, 0.1) is 11.7 Å². The van der Waals surface area contributed by atoms with E-state index in [1.165, 1.54) is 16.7 Å². The van der Waals surface area contributed by atoms with Gasteiger partial charge in [-0.1, -0.05) is 89.6 Å². The summed E-state index contributed by atoms with van der Waals surface area (Å²) in [6, 6.07) is 24.3. The Morgan fingerprint density at radius 1 is 0.935 bits per heavy atom. The molecule has 3 aromatic carbocycles. The van der Waals surface area contributed by atoms with Crippen LogP contribution in [0.25, 0.3) is 5.69 Å². The van der Waals surface area contributed by atoms with Crippen molar-refractivity contribution in [3.63, 3.8) is 0 Å². The first-order chi connectivity index (χ1) is 15.0. The number of nitrogens with zero attached hydrogens (tertiary/aromatic N) is 3. The molecule has 6 heteroatoms. The Hall–Kier alpha value is -2.60. The third-order valence-electron chi connectivity index (χ3n) is 5.15. The first-order valence-corrected chi connectivity index (χ1v) is 11.6. The minimum absolute atomic E-state index is 0.290. The minimum Gasteiger partial charge on any atom is -0.321 e. The van der Waals surface area contributed by atoms with Gasteiger partial charge in [-0.05, 0) is 49.1 Å². The summed E-state index contributed by atoms with van der Waals surface area (Å²) in [5.74, 6) is 1.54. The number of halogens is 1. The Morgan fingerprint density at radius 3 is 2.48 bits per heavy atom. The molecule has 0 radical (unpaired) electrons. The molecule has 1 aromatic heterocycles. The predicted molar refractivity (Wildman–Crippen MR) is 129 cm³/mol. The molecular weight excluding hydrogens is 424 g/mol. The molecule has 0 spiro atoms. The number of hydrogen-bond acceptors (Lipinski definition) is 4. The number of hydrogen-bond donors (Lipinski definition) is 1. The normalized spacial score (nSPS) is 12.1. The predicted octanol–water partition coefficient (Wildman–Crippen LogP) is 6.07. The average molecular weight is 449 g/mol. The maximum absolute atomic E-state index is 6.63. The van der Waals surface area contributed by atoms with E-state index in [1.807, 2.05) is 36.4 Å². The molecule has 2 N–H and O–H groups in total. The number of thioether (sulfide) groups is 1. The van der Waals surface area contributed by atoms with Crippen LogP contribution in [-0.2, 0) is 12.2 Å². The second-order valence-corrected chi connectivity index (χ2v) is 9.06. The highest BCUT2D eigenvalue weighted by molar-refractivity contribution is 7.98. The van der Waals surface area contributed by atoms with Crippen molar-refractivity contribution in [2.75, 3.05) is 0 Å². The van der Waals surface area contributed by atoms with Crippen LogP contribution in [0.4, 0.5) is 0 Å². The Labute approximate surface area is 192 Å². The molecule has 31 heavy (non-hydrogen) atoms. The number of rotatable bonds is 7. The number of aryl methyl sites for hydroxylation is 2. The molecule has 0 aliphatic rings. The number of aromatic nitrogens is 3. The van der Waals surface area contributed by atoms with Gasteiger partial charge in [-0.3, -0.25) is 4.57 Å². The van der Waals surface area contributed by atoms with Gasteiger partial charge < -0.3 is 5.73 Å². The van der Waals surface area contributed by atoms with Gasteiger partial charge in [0.25, 0.3) is 0 Å². The quantitative estimate of drug-likeness (QED) is 0.348. The molecule has 0 aliphatic heterocycles. The minimum atomic E-state index is -0.290. The van der Waals surface area contributed by atoms with Gasteiger partial charge in [0, 0.05) is 10.8 Å². The van der Waals surface area contributed by atoms with E-state index >= 15 is 0 Å². The van der Waals surface area contributed by atoms with E-state index in [0.717, 1.165) is 28.0 Å². The van der Waals surface area contributed by atoms with Crippen molar-refractivity contribution in [1.82, 2.24) is 14.8 Å². The second-order valence-electron chi connectivity index (χ2n) is 7.68. The smallest absolute Gasteiger partial charge is 0.196 e.